The number of carbonyl (C=O) groups excluding carboxylic acids is 2. The minimum atomic E-state index is -0.737. The Morgan fingerprint density at radius 1 is 1.00 bits per heavy atom. The minimum absolute atomic E-state index is 0. The summed E-state index contributed by atoms with van der Waals surface area (Å²) >= 11 is 0. The molecule has 0 bridgehead atoms. The summed E-state index contributed by atoms with van der Waals surface area (Å²) in [5.74, 6) is -0.816. The van der Waals surface area contributed by atoms with Gasteiger partial charge in [0.1, 0.15) is 6.04 Å². The molecule has 0 amide bonds. The van der Waals surface area contributed by atoms with E-state index in [-0.39, 0.29) is 137 Å². The molecule has 0 saturated carbocycles. The predicted molar refractivity (Wildman–Crippen MR) is 79.1 cm³/mol. The van der Waals surface area contributed by atoms with E-state index in [4.69, 9.17) is 5.73 Å². The molecule has 5 nitrogen and oxygen atoms in total. The van der Waals surface area contributed by atoms with Crippen molar-refractivity contribution in [3.8, 4) is 0 Å². The molecule has 0 heterocycles. The van der Waals surface area contributed by atoms with Crippen molar-refractivity contribution < 1.29 is 19.1 Å². The van der Waals surface area contributed by atoms with Gasteiger partial charge in [-0.2, -0.15) is 0 Å². The zero-order valence-corrected chi connectivity index (χ0v) is 8.62. The van der Waals surface area contributed by atoms with E-state index in [1.165, 1.54) is 0 Å². The van der Waals surface area contributed by atoms with E-state index < -0.39 is 12.0 Å². The van der Waals surface area contributed by atoms with E-state index in [2.05, 4.69) is 9.47 Å². The van der Waals surface area contributed by atoms with E-state index in [0.29, 0.717) is 13.2 Å². The Morgan fingerprint density at radius 2 is 1.44 bits per heavy atom. The third kappa shape index (κ3) is 18.9. The molecule has 2 N–H and O–H groups in total. The zero-order valence-electron chi connectivity index (χ0n) is 8.62. The van der Waals surface area contributed by atoms with E-state index >= 15 is 0 Å². The van der Waals surface area contributed by atoms with Gasteiger partial charge in [0.15, 0.2) is 0 Å². The number of ether oxygens (including phenoxy) is 2. The number of esters is 2. The summed E-state index contributed by atoms with van der Waals surface area (Å²) in [6.07, 6.45) is 0.408. The third-order valence-electron chi connectivity index (χ3n) is 1.55. The van der Waals surface area contributed by atoms with Gasteiger partial charge in [0.2, 0.25) is 0 Å². The van der Waals surface area contributed by atoms with Gasteiger partial charge in [-0.25, -0.2) is 0 Å². The Bertz CT molecular complexity index is 207. The molecule has 0 fully saturated rings. The zero-order chi connectivity index (χ0) is 11.0. The summed E-state index contributed by atoms with van der Waals surface area (Å²) in [5.41, 5.74) is 5.47. The van der Waals surface area contributed by atoms with Gasteiger partial charge in [0.25, 0.3) is 0 Å². The van der Waals surface area contributed by atoms with Crippen molar-refractivity contribution in [2.24, 2.45) is 5.73 Å². The van der Waals surface area contributed by atoms with E-state index in [1.807, 2.05) is 0 Å². The summed E-state index contributed by atoms with van der Waals surface area (Å²) in [7, 11) is 0. The van der Waals surface area contributed by atoms with Gasteiger partial charge in [0, 0.05) is 6.42 Å². The van der Waals surface area contributed by atoms with Gasteiger partial charge < -0.3 is 15.2 Å². The Balaban J connectivity index is -0.000000141. The summed E-state index contributed by atoms with van der Waals surface area (Å²) in [4.78, 5) is 21.9. The predicted octanol–water partition coefficient (Wildman–Crippen LogP) is -2.37. The second kappa shape index (κ2) is 22.2. The summed E-state index contributed by atoms with van der Waals surface area (Å²) < 4.78 is 9.37. The number of hydrogen-bond acceptors (Lipinski definition) is 5. The molecule has 0 aliphatic heterocycles. The normalized spacial score (nSPS) is 9.28. The van der Waals surface area contributed by atoms with E-state index in [1.54, 1.807) is 13.8 Å². The first-order chi connectivity index (χ1) is 6.61. The molecule has 18 heavy (non-hydrogen) atoms. The van der Waals surface area contributed by atoms with Gasteiger partial charge in [-0.05, 0) is 20.3 Å². The monoisotopic (exact) mass is 299 g/mol. The van der Waals surface area contributed by atoms with Crippen LogP contribution in [0.4, 0.5) is 0 Å². The van der Waals surface area contributed by atoms with Crippen LogP contribution in [-0.2, 0) is 19.1 Å². The molecule has 9 heteroatoms. The van der Waals surface area contributed by atoms with Crippen LogP contribution in [0.3, 0.4) is 0 Å². The molecule has 0 aromatic heterocycles. The van der Waals surface area contributed by atoms with E-state index in [9.17, 15) is 9.59 Å². The first-order valence-corrected chi connectivity index (χ1v) is 4.69. The molecule has 0 saturated heterocycles. The van der Waals surface area contributed by atoms with Crippen molar-refractivity contribution in [3.05, 3.63) is 0 Å². The molecule has 0 aromatic rings. The van der Waals surface area contributed by atoms with Crippen LogP contribution < -0.4 is 5.73 Å². The van der Waals surface area contributed by atoms with Gasteiger partial charge in [-0.1, -0.05) is 0 Å². The Kier molecular flexibility index (Phi) is 40.4. The summed E-state index contributed by atoms with van der Waals surface area (Å²) in [5, 5.41) is 0. The second-order valence-electron chi connectivity index (χ2n) is 2.70. The average Bonchev–Trinajstić information content (AvgIpc) is 2.15. The fourth-order valence-corrected chi connectivity index (χ4v) is 0.874. The van der Waals surface area contributed by atoms with Gasteiger partial charge >= 0.3 is 130 Å². The molecule has 90 valence electrons. The standard InChI is InChI=1S/C9H17NO4.4Na.4H/c1-3-13-8(11)6-5-7(10)9(12)14-4-2;;;;;;;;/h7H,3-6,10H2,1-2H3;;;;;;;;/t7-;;;;;;;;/m0......../s1. The fourth-order valence-electron chi connectivity index (χ4n) is 0.874. The number of carbonyl (C=O) groups is 2. The number of rotatable bonds is 6. The van der Waals surface area contributed by atoms with Gasteiger partial charge in [-0.15, -0.1) is 0 Å². The molecule has 0 radical (unpaired) electrons. The summed E-state index contributed by atoms with van der Waals surface area (Å²) in [6, 6.07) is -0.737. The molecular weight excluding hydrogens is 278 g/mol. The maximum absolute atomic E-state index is 11.0. The van der Waals surface area contributed by atoms with Crippen molar-refractivity contribution >= 4 is 130 Å². The second-order valence-corrected chi connectivity index (χ2v) is 2.70. The van der Waals surface area contributed by atoms with Gasteiger partial charge in [-0.3, -0.25) is 9.59 Å². The molecule has 0 aliphatic carbocycles. The molecule has 0 aromatic carbocycles. The maximum atomic E-state index is 11.0. The van der Waals surface area contributed by atoms with Crippen molar-refractivity contribution in [2.45, 2.75) is 32.7 Å². The summed E-state index contributed by atoms with van der Waals surface area (Å²) in [6.45, 7) is 4.07. The Hall–Kier alpha value is 2.90. The quantitative estimate of drug-likeness (QED) is 0.438. The SMILES string of the molecule is CCOC(=O)CC[C@H](N)C(=O)OCC.[NaH].[NaH].[NaH].[NaH]. The molecule has 0 spiro atoms. The topological polar surface area (TPSA) is 78.6 Å². The van der Waals surface area contributed by atoms with Crippen LogP contribution in [0.25, 0.3) is 0 Å². The molecule has 0 unspecified atom stereocenters. The van der Waals surface area contributed by atoms with Crippen molar-refractivity contribution in [1.82, 2.24) is 0 Å². The van der Waals surface area contributed by atoms with Crippen LogP contribution in [-0.4, -0.2) is 149 Å². The Morgan fingerprint density at radius 3 is 1.83 bits per heavy atom. The number of nitrogens with two attached hydrogens (primary N) is 1. The number of hydrogen-bond donors (Lipinski definition) is 1. The van der Waals surface area contributed by atoms with Crippen LogP contribution in [0.15, 0.2) is 0 Å². The van der Waals surface area contributed by atoms with Crippen LogP contribution in [0.2, 0.25) is 0 Å². The molecule has 0 rings (SSSR count). The van der Waals surface area contributed by atoms with E-state index in [0.717, 1.165) is 0 Å². The van der Waals surface area contributed by atoms with Crippen LogP contribution >= 0.6 is 0 Å². The Labute approximate surface area is 197 Å². The molecular formula is C9H21NNa4O4. The van der Waals surface area contributed by atoms with Crippen LogP contribution in [0, 0.1) is 0 Å². The van der Waals surface area contributed by atoms with Crippen LogP contribution in [0.5, 0.6) is 0 Å². The van der Waals surface area contributed by atoms with Crippen molar-refractivity contribution in [1.29, 1.82) is 0 Å². The van der Waals surface area contributed by atoms with Crippen molar-refractivity contribution in [3.63, 3.8) is 0 Å². The fraction of sp³-hybridized carbons (Fsp3) is 0.778. The average molecular weight is 299 g/mol. The van der Waals surface area contributed by atoms with Crippen molar-refractivity contribution in [2.75, 3.05) is 13.2 Å². The third-order valence-corrected chi connectivity index (χ3v) is 1.55. The molecule has 0 aliphatic rings. The van der Waals surface area contributed by atoms with Crippen LogP contribution in [0.1, 0.15) is 26.7 Å². The van der Waals surface area contributed by atoms with Gasteiger partial charge in [0.05, 0.1) is 13.2 Å². The first-order valence-electron chi connectivity index (χ1n) is 4.69. The molecule has 1 atom stereocenters. The first kappa shape index (κ1) is 32.7.